The van der Waals surface area contributed by atoms with E-state index in [4.69, 9.17) is 0 Å². The third-order valence-electron chi connectivity index (χ3n) is 5.96. The molecule has 0 spiro atoms. The van der Waals surface area contributed by atoms with Gasteiger partial charge in [0.25, 0.3) is 0 Å². The van der Waals surface area contributed by atoms with Crippen molar-refractivity contribution in [3.8, 4) is 0 Å². The van der Waals surface area contributed by atoms with Crippen LogP contribution in [-0.2, 0) is 14.1 Å². The number of hydrogen-bond acceptors (Lipinski definition) is 8. The Morgan fingerprint density at radius 2 is 1.00 bits per heavy atom. The molecule has 0 aliphatic carbocycles. The van der Waals surface area contributed by atoms with Crippen LogP contribution in [-0.4, -0.2) is 81.9 Å². The fourth-order valence-corrected chi connectivity index (χ4v) is 4.21. The lowest BCUT2D eigenvalue weighted by Gasteiger charge is -2.37. The van der Waals surface area contributed by atoms with Crippen LogP contribution in [0.15, 0.2) is 37.2 Å². The molecule has 2 fully saturated rings. The number of hydrogen-bond donors (Lipinski definition) is 0. The number of nitrogens with zero attached hydrogens (tertiary/aromatic N) is 10. The molecule has 30 heavy (non-hydrogen) atoms. The van der Waals surface area contributed by atoms with Gasteiger partial charge in [0, 0.05) is 84.9 Å². The van der Waals surface area contributed by atoms with Gasteiger partial charge < -0.3 is 19.6 Å². The van der Waals surface area contributed by atoms with E-state index in [9.17, 15) is 0 Å². The van der Waals surface area contributed by atoms with Crippen LogP contribution in [0.2, 0.25) is 0 Å². The quantitative estimate of drug-likeness (QED) is 0.621. The number of aryl methyl sites for hydroxylation is 2. The summed E-state index contributed by atoms with van der Waals surface area (Å²) in [5, 5.41) is 8.57. The van der Waals surface area contributed by atoms with Gasteiger partial charge in [-0.2, -0.15) is 10.2 Å². The highest BCUT2D eigenvalue weighted by molar-refractivity contribution is 5.53. The van der Waals surface area contributed by atoms with Crippen LogP contribution in [0.5, 0.6) is 0 Å². The lowest BCUT2D eigenvalue weighted by atomic mass is 10.2. The molecule has 0 bridgehead atoms. The number of anilines is 4. The lowest BCUT2D eigenvalue weighted by Crippen LogP contribution is -2.47. The molecule has 0 atom stereocenters. The van der Waals surface area contributed by atoms with Crippen LogP contribution in [0, 0.1) is 0 Å². The minimum absolute atomic E-state index is 0.945. The van der Waals surface area contributed by atoms with Crippen molar-refractivity contribution in [1.29, 1.82) is 0 Å². The zero-order valence-corrected chi connectivity index (χ0v) is 17.6. The Kier molecular flexibility index (Phi) is 4.89. The van der Waals surface area contributed by atoms with E-state index in [-0.39, 0.29) is 0 Å². The van der Waals surface area contributed by atoms with Gasteiger partial charge in [-0.25, -0.2) is 9.97 Å². The molecule has 5 rings (SSSR count). The topological polar surface area (TPSA) is 74.4 Å². The first-order valence-corrected chi connectivity index (χ1v) is 10.4. The molecule has 3 aromatic rings. The van der Waals surface area contributed by atoms with Crippen LogP contribution in [0.4, 0.5) is 23.0 Å². The normalized spacial score (nSPS) is 17.7. The highest BCUT2D eigenvalue weighted by Gasteiger charge is 2.22. The van der Waals surface area contributed by atoms with Gasteiger partial charge in [0.05, 0.1) is 23.8 Å². The minimum Gasteiger partial charge on any atom is -0.365 e. The highest BCUT2D eigenvalue weighted by atomic mass is 15.3. The molecule has 3 aromatic heterocycles. The number of rotatable bonds is 4. The zero-order chi connectivity index (χ0) is 20.5. The molecule has 158 valence electrons. The Morgan fingerprint density at radius 3 is 1.37 bits per heavy atom. The van der Waals surface area contributed by atoms with E-state index < -0.39 is 0 Å². The summed E-state index contributed by atoms with van der Waals surface area (Å²) < 4.78 is 3.71. The summed E-state index contributed by atoms with van der Waals surface area (Å²) in [4.78, 5) is 18.6. The first kappa shape index (κ1) is 18.7. The lowest BCUT2D eigenvalue weighted by molar-refractivity contribution is 0.637. The summed E-state index contributed by atoms with van der Waals surface area (Å²) in [5.41, 5.74) is 2.37. The second-order valence-corrected chi connectivity index (χ2v) is 7.93. The van der Waals surface area contributed by atoms with Gasteiger partial charge in [-0.05, 0) is 0 Å². The summed E-state index contributed by atoms with van der Waals surface area (Å²) in [6.45, 7) is 7.65. The summed E-state index contributed by atoms with van der Waals surface area (Å²) in [7, 11) is 3.91. The Morgan fingerprint density at radius 1 is 0.600 bits per heavy atom. The molecule has 10 heteroatoms. The van der Waals surface area contributed by atoms with Crippen molar-refractivity contribution in [2.75, 3.05) is 72.0 Å². The van der Waals surface area contributed by atoms with Gasteiger partial charge in [0.15, 0.2) is 0 Å². The third kappa shape index (κ3) is 3.77. The van der Waals surface area contributed by atoms with Crippen LogP contribution >= 0.6 is 0 Å². The van der Waals surface area contributed by atoms with E-state index in [2.05, 4.69) is 58.2 Å². The molecule has 0 unspecified atom stereocenters. The Labute approximate surface area is 176 Å². The Hall–Kier alpha value is -3.30. The smallest absolute Gasteiger partial charge is 0.134 e. The van der Waals surface area contributed by atoms with Crippen molar-refractivity contribution in [2.24, 2.45) is 14.1 Å². The number of piperazine rings is 2. The zero-order valence-electron chi connectivity index (χ0n) is 17.6. The minimum atomic E-state index is 0.945. The maximum Gasteiger partial charge on any atom is 0.134 e. The largest absolute Gasteiger partial charge is 0.365 e. The van der Waals surface area contributed by atoms with E-state index in [0.29, 0.717) is 0 Å². The van der Waals surface area contributed by atoms with E-state index in [1.54, 1.807) is 6.33 Å². The van der Waals surface area contributed by atoms with Crippen LogP contribution in [0.25, 0.3) is 0 Å². The highest BCUT2D eigenvalue weighted by Crippen LogP contribution is 2.23. The SMILES string of the molecule is Cn1cc(N2CCN(c3cc(N4CCN(c5cnn(C)c5)CC4)ncn3)CC2)cn1. The van der Waals surface area contributed by atoms with Crippen LogP contribution in [0.3, 0.4) is 0 Å². The molecule has 10 nitrogen and oxygen atoms in total. The van der Waals surface area contributed by atoms with Gasteiger partial charge in [0.2, 0.25) is 0 Å². The summed E-state index contributed by atoms with van der Waals surface area (Å²) in [6, 6.07) is 2.14. The molecule has 2 aliphatic heterocycles. The van der Waals surface area contributed by atoms with E-state index in [1.807, 2.05) is 35.9 Å². The van der Waals surface area contributed by atoms with Crippen molar-refractivity contribution in [2.45, 2.75) is 0 Å². The monoisotopic (exact) mass is 408 g/mol. The molecule has 2 saturated heterocycles. The fraction of sp³-hybridized carbons (Fsp3) is 0.500. The molecule has 0 aromatic carbocycles. The summed E-state index contributed by atoms with van der Waals surface area (Å²) >= 11 is 0. The van der Waals surface area contributed by atoms with Crippen molar-refractivity contribution in [3.63, 3.8) is 0 Å². The van der Waals surface area contributed by atoms with Crippen molar-refractivity contribution >= 4 is 23.0 Å². The molecular formula is C20H28N10. The van der Waals surface area contributed by atoms with Crippen LogP contribution < -0.4 is 19.6 Å². The van der Waals surface area contributed by atoms with Gasteiger partial charge in [-0.3, -0.25) is 9.36 Å². The second-order valence-electron chi connectivity index (χ2n) is 7.93. The van der Waals surface area contributed by atoms with Gasteiger partial charge in [-0.1, -0.05) is 0 Å². The summed E-state index contributed by atoms with van der Waals surface area (Å²) in [5.74, 6) is 2.03. The average Bonchev–Trinajstić information content (AvgIpc) is 3.42. The number of aromatic nitrogens is 6. The van der Waals surface area contributed by atoms with Crippen molar-refractivity contribution in [3.05, 3.63) is 37.2 Å². The van der Waals surface area contributed by atoms with Gasteiger partial charge in [0.1, 0.15) is 18.0 Å². The second kappa shape index (κ2) is 7.85. The maximum absolute atomic E-state index is 4.56. The maximum atomic E-state index is 4.56. The molecular weight excluding hydrogens is 380 g/mol. The van der Waals surface area contributed by atoms with Gasteiger partial charge in [-0.15, -0.1) is 0 Å². The predicted molar refractivity (Wildman–Crippen MR) is 117 cm³/mol. The molecule has 0 radical (unpaired) electrons. The fourth-order valence-electron chi connectivity index (χ4n) is 4.21. The van der Waals surface area contributed by atoms with Crippen molar-refractivity contribution in [1.82, 2.24) is 29.5 Å². The standard InChI is InChI=1S/C20H28N10/c1-25-14-17(12-23-25)27-3-7-29(8-4-27)19-11-20(22-16-21-19)30-9-5-28(6-10-30)18-13-24-26(2)15-18/h11-16H,3-10H2,1-2H3. The van der Waals surface area contributed by atoms with E-state index >= 15 is 0 Å². The molecule has 5 heterocycles. The van der Waals surface area contributed by atoms with Crippen molar-refractivity contribution < 1.29 is 0 Å². The molecule has 0 saturated carbocycles. The molecule has 0 N–H and O–H groups in total. The molecule has 2 aliphatic rings. The Bertz CT molecular complexity index is 903. The average molecular weight is 409 g/mol. The Balaban J connectivity index is 1.20. The third-order valence-corrected chi connectivity index (χ3v) is 5.96. The first-order chi connectivity index (χ1) is 14.7. The van der Waals surface area contributed by atoms with E-state index in [0.717, 1.165) is 64.0 Å². The first-order valence-electron chi connectivity index (χ1n) is 10.4. The molecule has 0 amide bonds. The van der Waals surface area contributed by atoms with Gasteiger partial charge >= 0.3 is 0 Å². The summed E-state index contributed by atoms with van der Waals surface area (Å²) in [6.07, 6.45) is 9.71. The predicted octanol–water partition coefficient (Wildman–Crippen LogP) is 0.597. The van der Waals surface area contributed by atoms with E-state index in [1.165, 1.54) is 11.4 Å². The van der Waals surface area contributed by atoms with Crippen LogP contribution in [0.1, 0.15) is 0 Å².